The summed E-state index contributed by atoms with van der Waals surface area (Å²) in [6.45, 7) is 2.41. The van der Waals surface area contributed by atoms with Gasteiger partial charge in [0.25, 0.3) is 0 Å². The van der Waals surface area contributed by atoms with E-state index in [2.05, 4.69) is 15.9 Å². The Bertz CT molecular complexity index is 584. The molecule has 0 saturated heterocycles. The van der Waals surface area contributed by atoms with Crippen molar-refractivity contribution in [1.29, 1.82) is 0 Å². The van der Waals surface area contributed by atoms with E-state index in [1.165, 1.54) is 0 Å². The van der Waals surface area contributed by atoms with Gasteiger partial charge in [0, 0.05) is 15.7 Å². The maximum atomic E-state index is 5.78. The highest BCUT2D eigenvalue weighted by atomic mass is 79.9. The highest BCUT2D eigenvalue weighted by Crippen LogP contribution is 2.25. The third-order valence-electron chi connectivity index (χ3n) is 2.88. The molecule has 0 amide bonds. The summed E-state index contributed by atoms with van der Waals surface area (Å²) >= 11 is 3.45. The van der Waals surface area contributed by atoms with Gasteiger partial charge in [0.05, 0.1) is 7.11 Å². The standard InChI is InChI=1S/C15H16BrNO2/c1-10-7-13(4-5-14(10)17)19-9-11-8-12(16)3-6-15(11)18-2/h3-8H,9,17H2,1-2H3. The van der Waals surface area contributed by atoms with E-state index in [1.54, 1.807) is 7.11 Å². The summed E-state index contributed by atoms with van der Waals surface area (Å²) in [4.78, 5) is 0. The number of aryl methyl sites for hydroxylation is 1. The smallest absolute Gasteiger partial charge is 0.125 e. The third-order valence-corrected chi connectivity index (χ3v) is 3.37. The third kappa shape index (κ3) is 3.41. The summed E-state index contributed by atoms with van der Waals surface area (Å²) in [5.74, 6) is 1.61. The van der Waals surface area contributed by atoms with Crippen LogP contribution in [-0.4, -0.2) is 7.11 Å². The number of hydrogen-bond donors (Lipinski definition) is 1. The lowest BCUT2D eigenvalue weighted by molar-refractivity contribution is 0.296. The Balaban J connectivity index is 2.13. The zero-order chi connectivity index (χ0) is 13.8. The van der Waals surface area contributed by atoms with Crippen LogP contribution in [0.15, 0.2) is 40.9 Å². The van der Waals surface area contributed by atoms with Gasteiger partial charge in [-0.25, -0.2) is 0 Å². The summed E-state index contributed by atoms with van der Waals surface area (Å²) in [7, 11) is 1.65. The van der Waals surface area contributed by atoms with Crippen LogP contribution in [0.2, 0.25) is 0 Å². The van der Waals surface area contributed by atoms with Crippen molar-refractivity contribution < 1.29 is 9.47 Å². The largest absolute Gasteiger partial charge is 0.496 e. The van der Waals surface area contributed by atoms with E-state index >= 15 is 0 Å². The Hall–Kier alpha value is -1.68. The number of nitrogens with two attached hydrogens (primary N) is 1. The molecule has 2 aromatic carbocycles. The van der Waals surface area contributed by atoms with Crippen LogP contribution in [0.1, 0.15) is 11.1 Å². The maximum Gasteiger partial charge on any atom is 0.125 e. The van der Waals surface area contributed by atoms with Crippen molar-refractivity contribution in [1.82, 2.24) is 0 Å². The lowest BCUT2D eigenvalue weighted by Crippen LogP contribution is -1.99. The zero-order valence-corrected chi connectivity index (χ0v) is 12.5. The Morgan fingerprint density at radius 3 is 2.63 bits per heavy atom. The quantitative estimate of drug-likeness (QED) is 0.868. The molecule has 3 nitrogen and oxygen atoms in total. The number of nitrogen functional groups attached to an aromatic ring is 1. The summed E-state index contributed by atoms with van der Waals surface area (Å²) in [5, 5.41) is 0. The van der Waals surface area contributed by atoms with Crippen LogP contribution in [0.25, 0.3) is 0 Å². The molecule has 2 aromatic rings. The van der Waals surface area contributed by atoms with Gasteiger partial charge in [0.15, 0.2) is 0 Å². The molecule has 19 heavy (non-hydrogen) atoms. The molecule has 0 fully saturated rings. The fraction of sp³-hybridized carbons (Fsp3) is 0.200. The molecule has 0 spiro atoms. The molecule has 0 unspecified atom stereocenters. The molecule has 4 heteroatoms. The van der Waals surface area contributed by atoms with E-state index in [-0.39, 0.29) is 0 Å². The van der Waals surface area contributed by atoms with Crippen LogP contribution in [0.5, 0.6) is 11.5 Å². The summed E-state index contributed by atoms with van der Waals surface area (Å²) in [5.41, 5.74) is 8.56. The van der Waals surface area contributed by atoms with Crippen LogP contribution in [0.3, 0.4) is 0 Å². The van der Waals surface area contributed by atoms with Crippen molar-refractivity contribution in [2.24, 2.45) is 0 Å². The average Bonchev–Trinajstić information content (AvgIpc) is 2.40. The Morgan fingerprint density at radius 1 is 1.16 bits per heavy atom. The fourth-order valence-corrected chi connectivity index (χ4v) is 2.17. The number of halogens is 1. The van der Waals surface area contributed by atoms with E-state index in [1.807, 2.05) is 43.3 Å². The first-order chi connectivity index (χ1) is 9.10. The van der Waals surface area contributed by atoms with Crippen LogP contribution in [0, 0.1) is 6.92 Å². The van der Waals surface area contributed by atoms with Gasteiger partial charge in [-0.05, 0) is 48.9 Å². The second-order valence-corrected chi connectivity index (χ2v) is 5.18. The molecular formula is C15H16BrNO2. The number of hydrogen-bond acceptors (Lipinski definition) is 3. The van der Waals surface area contributed by atoms with E-state index < -0.39 is 0 Å². The first-order valence-electron chi connectivity index (χ1n) is 5.91. The minimum atomic E-state index is 0.450. The SMILES string of the molecule is COc1ccc(Br)cc1COc1ccc(N)c(C)c1. The van der Waals surface area contributed by atoms with Crippen molar-refractivity contribution in [2.75, 3.05) is 12.8 Å². The van der Waals surface area contributed by atoms with Gasteiger partial charge in [-0.3, -0.25) is 0 Å². The monoisotopic (exact) mass is 321 g/mol. The fourth-order valence-electron chi connectivity index (χ4n) is 1.76. The lowest BCUT2D eigenvalue weighted by atomic mass is 10.2. The predicted molar refractivity (Wildman–Crippen MR) is 80.6 cm³/mol. The van der Waals surface area contributed by atoms with Gasteiger partial charge >= 0.3 is 0 Å². The average molecular weight is 322 g/mol. The van der Waals surface area contributed by atoms with Gasteiger partial charge in [-0.1, -0.05) is 15.9 Å². The minimum absolute atomic E-state index is 0.450. The predicted octanol–water partition coefficient (Wildman–Crippen LogP) is 3.93. The van der Waals surface area contributed by atoms with Gasteiger partial charge in [-0.2, -0.15) is 0 Å². The zero-order valence-electron chi connectivity index (χ0n) is 10.9. The molecule has 0 saturated carbocycles. The van der Waals surface area contributed by atoms with Gasteiger partial charge in [0.1, 0.15) is 18.1 Å². The Morgan fingerprint density at radius 2 is 1.95 bits per heavy atom. The second kappa shape index (κ2) is 5.97. The molecule has 0 aliphatic rings. The summed E-state index contributed by atoms with van der Waals surface area (Å²) in [6.07, 6.45) is 0. The normalized spacial score (nSPS) is 10.3. The molecule has 0 aliphatic carbocycles. The number of rotatable bonds is 4. The molecule has 0 bridgehead atoms. The molecule has 0 heterocycles. The van der Waals surface area contributed by atoms with Crippen molar-refractivity contribution in [3.8, 4) is 11.5 Å². The number of methoxy groups -OCH3 is 1. The highest BCUT2D eigenvalue weighted by molar-refractivity contribution is 9.10. The molecule has 2 rings (SSSR count). The van der Waals surface area contributed by atoms with Crippen LogP contribution < -0.4 is 15.2 Å². The van der Waals surface area contributed by atoms with Crippen molar-refractivity contribution in [3.63, 3.8) is 0 Å². The topological polar surface area (TPSA) is 44.5 Å². The molecule has 100 valence electrons. The van der Waals surface area contributed by atoms with Crippen LogP contribution in [0.4, 0.5) is 5.69 Å². The molecule has 0 atom stereocenters. The summed E-state index contributed by atoms with van der Waals surface area (Å²) < 4.78 is 12.1. The molecule has 2 N–H and O–H groups in total. The van der Waals surface area contributed by atoms with Crippen LogP contribution >= 0.6 is 15.9 Å². The van der Waals surface area contributed by atoms with Crippen LogP contribution in [-0.2, 0) is 6.61 Å². The molecular weight excluding hydrogens is 306 g/mol. The van der Waals surface area contributed by atoms with E-state index in [4.69, 9.17) is 15.2 Å². The van der Waals surface area contributed by atoms with E-state index in [9.17, 15) is 0 Å². The van der Waals surface area contributed by atoms with Gasteiger partial charge in [0.2, 0.25) is 0 Å². The maximum absolute atomic E-state index is 5.78. The van der Waals surface area contributed by atoms with Crippen molar-refractivity contribution >= 4 is 21.6 Å². The molecule has 0 aromatic heterocycles. The highest BCUT2D eigenvalue weighted by Gasteiger charge is 2.05. The van der Waals surface area contributed by atoms with Gasteiger partial charge < -0.3 is 15.2 Å². The number of benzene rings is 2. The van der Waals surface area contributed by atoms with E-state index in [0.717, 1.165) is 32.8 Å². The number of anilines is 1. The first kappa shape index (κ1) is 13.7. The first-order valence-corrected chi connectivity index (χ1v) is 6.71. The molecule has 0 aliphatic heterocycles. The Kier molecular flexibility index (Phi) is 4.32. The second-order valence-electron chi connectivity index (χ2n) is 4.26. The van der Waals surface area contributed by atoms with Crippen molar-refractivity contribution in [3.05, 3.63) is 52.0 Å². The van der Waals surface area contributed by atoms with Crippen molar-refractivity contribution in [2.45, 2.75) is 13.5 Å². The van der Waals surface area contributed by atoms with E-state index in [0.29, 0.717) is 6.61 Å². The molecule has 0 radical (unpaired) electrons. The lowest BCUT2D eigenvalue weighted by Gasteiger charge is -2.11. The summed E-state index contributed by atoms with van der Waals surface area (Å²) in [6, 6.07) is 11.5. The minimum Gasteiger partial charge on any atom is -0.496 e. The van der Waals surface area contributed by atoms with Gasteiger partial charge in [-0.15, -0.1) is 0 Å². The Labute approximate surface area is 121 Å². The number of ether oxygens (including phenoxy) is 2.